The Bertz CT molecular complexity index is 697. The summed E-state index contributed by atoms with van der Waals surface area (Å²) < 4.78 is 5.11. The van der Waals surface area contributed by atoms with Crippen molar-refractivity contribution in [3.8, 4) is 0 Å². The largest absolute Gasteiger partial charge is 0.459 e. The van der Waals surface area contributed by atoms with Gasteiger partial charge in [-0.1, -0.05) is 30.3 Å². The molecule has 2 amide bonds. The summed E-state index contributed by atoms with van der Waals surface area (Å²) in [5.74, 6) is 0.489. The van der Waals surface area contributed by atoms with Crippen molar-refractivity contribution < 1.29 is 14.0 Å². The number of furan rings is 1. The zero-order chi connectivity index (χ0) is 17.6. The molecule has 0 bridgehead atoms. The Kier molecular flexibility index (Phi) is 5.53. The third kappa shape index (κ3) is 4.29. The number of amides is 2. The van der Waals surface area contributed by atoms with Gasteiger partial charge >= 0.3 is 0 Å². The molecule has 1 aliphatic rings. The molecular formula is C20H24N2O3. The van der Waals surface area contributed by atoms with E-state index in [9.17, 15) is 9.59 Å². The summed E-state index contributed by atoms with van der Waals surface area (Å²) >= 11 is 0. The lowest BCUT2D eigenvalue weighted by Gasteiger charge is -2.24. The third-order valence-electron chi connectivity index (χ3n) is 4.80. The van der Waals surface area contributed by atoms with Crippen molar-refractivity contribution in [3.63, 3.8) is 0 Å². The van der Waals surface area contributed by atoms with Gasteiger partial charge in [-0.25, -0.2) is 0 Å². The summed E-state index contributed by atoms with van der Waals surface area (Å²) in [5, 5.41) is 0. The average molecular weight is 340 g/mol. The number of hydrogen-bond donors (Lipinski definition) is 0. The second-order valence-corrected chi connectivity index (χ2v) is 6.56. The van der Waals surface area contributed by atoms with E-state index < -0.39 is 0 Å². The predicted octanol–water partition coefficient (Wildman–Crippen LogP) is 3.15. The van der Waals surface area contributed by atoms with Crippen molar-refractivity contribution in [3.05, 3.63) is 60.1 Å². The van der Waals surface area contributed by atoms with Crippen LogP contribution in [0.3, 0.4) is 0 Å². The maximum absolute atomic E-state index is 12.6. The summed E-state index contributed by atoms with van der Waals surface area (Å²) in [5.41, 5.74) is 1.35. The normalized spacial score (nSPS) is 17.8. The maximum atomic E-state index is 12.6. The van der Waals surface area contributed by atoms with Gasteiger partial charge in [-0.2, -0.15) is 0 Å². The van der Waals surface area contributed by atoms with Crippen LogP contribution in [0.2, 0.25) is 0 Å². The quantitative estimate of drug-likeness (QED) is 0.859. The van der Waals surface area contributed by atoms with Crippen LogP contribution in [0.5, 0.6) is 0 Å². The monoisotopic (exact) mass is 340 g/mol. The second kappa shape index (κ2) is 8.01. The van der Waals surface area contributed by atoms with Gasteiger partial charge in [-0.15, -0.1) is 0 Å². The molecule has 5 nitrogen and oxygen atoms in total. The topological polar surface area (TPSA) is 53.8 Å². The van der Waals surface area contributed by atoms with E-state index in [1.807, 2.05) is 11.0 Å². The van der Waals surface area contributed by atoms with E-state index in [2.05, 4.69) is 24.3 Å². The van der Waals surface area contributed by atoms with Crippen molar-refractivity contribution in [1.82, 2.24) is 9.80 Å². The molecule has 2 aromatic rings. The summed E-state index contributed by atoms with van der Waals surface area (Å²) in [7, 11) is 1.63. The number of carbonyl (C=O) groups is 2. The lowest BCUT2D eigenvalue weighted by atomic mass is 9.92. The number of likely N-dealkylation sites (tertiary alicyclic amines) is 1. The van der Waals surface area contributed by atoms with E-state index in [4.69, 9.17) is 4.42 Å². The number of likely N-dealkylation sites (N-methyl/N-ethyl adjacent to an activating group) is 1. The molecule has 3 rings (SSSR count). The first-order valence-corrected chi connectivity index (χ1v) is 8.77. The summed E-state index contributed by atoms with van der Waals surface area (Å²) in [6.07, 6.45) is 4.50. The molecular weight excluding hydrogens is 316 g/mol. The van der Waals surface area contributed by atoms with Crippen molar-refractivity contribution >= 4 is 11.8 Å². The van der Waals surface area contributed by atoms with Crippen molar-refractivity contribution in [2.45, 2.75) is 25.2 Å². The number of nitrogens with zero attached hydrogens (tertiary/aromatic N) is 2. The molecule has 25 heavy (non-hydrogen) atoms. The molecule has 1 atom stereocenters. The molecule has 0 unspecified atom stereocenters. The fourth-order valence-corrected chi connectivity index (χ4v) is 3.37. The highest BCUT2D eigenvalue weighted by molar-refractivity contribution is 5.94. The van der Waals surface area contributed by atoms with Gasteiger partial charge < -0.3 is 14.2 Å². The Morgan fingerprint density at radius 2 is 1.92 bits per heavy atom. The zero-order valence-electron chi connectivity index (χ0n) is 14.6. The average Bonchev–Trinajstić information content (AvgIpc) is 3.05. The Morgan fingerprint density at radius 1 is 1.12 bits per heavy atom. The van der Waals surface area contributed by atoms with Crippen molar-refractivity contribution in [2.75, 3.05) is 26.7 Å². The van der Waals surface area contributed by atoms with Crippen LogP contribution in [0.15, 0.2) is 53.1 Å². The number of rotatable bonds is 4. The second-order valence-electron chi connectivity index (χ2n) is 6.56. The van der Waals surface area contributed by atoms with E-state index in [-0.39, 0.29) is 24.1 Å². The predicted molar refractivity (Wildman–Crippen MR) is 95.3 cm³/mol. The highest BCUT2D eigenvalue weighted by atomic mass is 16.3. The fraction of sp³-hybridized carbons (Fsp3) is 0.400. The maximum Gasteiger partial charge on any atom is 0.289 e. The van der Waals surface area contributed by atoms with Crippen LogP contribution in [0.1, 0.15) is 41.3 Å². The molecule has 0 radical (unpaired) electrons. The molecule has 1 aliphatic heterocycles. The highest BCUT2D eigenvalue weighted by Crippen LogP contribution is 2.27. The van der Waals surface area contributed by atoms with Crippen molar-refractivity contribution in [2.24, 2.45) is 0 Å². The van der Waals surface area contributed by atoms with Gasteiger partial charge in [-0.3, -0.25) is 9.59 Å². The van der Waals surface area contributed by atoms with Crippen LogP contribution in [0.4, 0.5) is 0 Å². The van der Waals surface area contributed by atoms with Gasteiger partial charge in [0.1, 0.15) is 0 Å². The number of benzene rings is 1. The molecule has 5 heteroatoms. The van der Waals surface area contributed by atoms with E-state index in [0.717, 1.165) is 32.4 Å². The van der Waals surface area contributed by atoms with E-state index in [1.165, 1.54) is 16.7 Å². The minimum absolute atomic E-state index is 0.00359. The van der Waals surface area contributed by atoms with Gasteiger partial charge in [0, 0.05) is 20.1 Å². The van der Waals surface area contributed by atoms with Gasteiger partial charge in [0.05, 0.1) is 12.8 Å². The Morgan fingerprint density at radius 3 is 2.64 bits per heavy atom. The van der Waals surface area contributed by atoms with Gasteiger partial charge in [0.25, 0.3) is 5.91 Å². The van der Waals surface area contributed by atoms with Crippen LogP contribution in [-0.4, -0.2) is 48.3 Å². The molecule has 132 valence electrons. The molecule has 1 saturated heterocycles. The minimum Gasteiger partial charge on any atom is -0.459 e. The summed E-state index contributed by atoms with van der Waals surface area (Å²) in [6, 6.07) is 13.8. The molecule has 0 aliphatic carbocycles. The summed E-state index contributed by atoms with van der Waals surface area (Å²) in [6.45, 7) is 1.57. The van der Waals surface area contributed by atoms with Crippen LogP contribution in [0.25, 0.3) is 0 Å². The van der Waals surface area contributed by atoms with Gasteiger partial charge in [0.15, 0.2) is 5.76 Å². The van der Waals surface area contributed by atoms with Crippen molar-refractivity contribution in [1.29, 1.82) is 0 Å². The molecule has 2 heterocycles. The van der Waals surface area contributed by atoms with Crippen LogP contribution >= 0.6 is 0 Å². The third-order valence-corrected chi connectivity index (χ3v) is 4.80. The SMILES string of the molecule is CN(CC(=O)N1CCC[C@H](c2ccccc2)CC1)C(=O)c1ccco1. The lowest BCUT2D eigenvalue weighted by molar-refractivity contribution is -0.131. The molecule has 0 N–H and O–H groups in total. The number of hydrogen-bond acceptors (Lipinski definition) is 3. The van der Waals surface area contributed by atoms with E-state index in [1.54, 1.807) is 19.2 Å². The Hall–Kier alpha value is -2.56. The van der Waals surface area contributed by atoms with Gasteiger partial charge in [0.2, 0.25) is 5.91 Å². The standard InChI is InChI=1S/C20H24N2O3/c1-21(20(24)18-10-6-14-25-18)15-19(23)22-12-5-9-17(11-13-22)16-7-3-2-4-8-16/h2-4,6-8,10,14,17H,5,9,11-13,15H2,1H3/t17-/m0/s1. The van der Waals surface area contributed by atoms with Crippen LogP contribution in [0, 0.1) is 0 Å². The lowest BCUT2D eigenvalue weighted by Crippen LogP contribution is -2.41. The number of carbonyl (C=O) groups excluding carboxylic acids is 2. The molecule has 0 spiro atoms. The minimum atomic E-state index is -0.268. The first-order valence-electron chi connectivity index (χ1n) is 8.77. The zero-order valence-corrected chi connectivity index (χ0v) is 14.6. The molecule has 0 saturated carbocycles. The molecule has 1 aromatic heterocycles. The van der Waals surface area contributed by atoms with E-state index >= 15 is 0 Å². The Balaban J connectivity index is 1.55. The molecule has 1 aromatic carbocycles. The van der Waals surface area contributed by atoms with Crippen LogP contribution < -0.4 is 0 Å². The molecule has 1 fully saturated rings. The van der Waals surface area contributed by atoms with Gasteiger partial charge in [-0.05, 0) is 42.9 Å². The fourth-order valence-electron chi connectivity index (χ4n) is 3.37. The van der Waals surface area contributed by atoms with Crippen LogP contribution in [-0.2, 0) is 4.79 Å². The highest BCUT2D eigenvalue weighted by Gasteiger charge is 2.24. The Labute approximate surface area is 148 Å². The smallest absolute Gasteiger partial charge is 0.289 e. The van der Waals surface area contributed by atoms with E-state index in [0.29, 0.717) is 5.92 Å². The first kappa shape index (κ1) is 17.3. The summed E-state index contributed by atoms with van der Waals surface area (Å²) in [4.78, 5) is 28.1. The first-order chi connectivity index (χ1) is 12.1.